The lowest BCUT2D eigenvalue weighted by atomic mass is 9.93. The average Bonchev–Trinajstić information content (AvgIpc) is 2.93. The van der Waals surface area contributed by atoms with Gasteiger partial charge in [-0.15, -0.1) is 0 Å². The summed E-state index contributed by atoms with van der Waals surface area (Å²) in [6.45, 7) is 3.97. The van der Waals surface area contributed by atoms with E-state index in [0.717, 1.165) is 40.1 Å². The maximum absolute atomic E-state index is 12.9. The average molecular weight is 451 g/mol. The van der Waals surface area contributed by atoms with E-state index < -0.39 is 0 Å². The standard InChI is InChI=1S/C24H26N4OS2/c1-17-22(18-10-4-2-5-11-18)23(26-20-13-7-6-12-19(20)25-17)27-21(29)16-31-24(30)28-14-8-3-9-15-28/h2,4-7,10-13,22H,3,8-9,14-16H2,1H3,(H,26,27,29)/t22-/m0/s1. The zero-order chi connectivity index (χ0) is 21.6. The Morgan fingerprint density at radius 3 is 2.39 bits per heavy atom. The summed E-state index contributed by atoms with van der Waals surface area (Å²) < 4.78 is 0.806. The fraction of sp³-hybridized carbons (Fsp3) is 0.333. The highest BCUT2D eigenvalue weighted by atomic mass is 32.2. The topological polar surface area (TPSA) is 57.1 Å². The Kier molecular flexibility index (Phi) is 7.14. The monoisotopic (exact) mass is 450 g/mol. The molecule has 0 bridgehead atoms. The first-order chi connectivity index (χ1) is 15.1. The van der Waals surface area contributed by atoms with Crippen LogP contribution in [0.25, 0.3) is 0 Å². The highest BCUT2D eigenvalue weighted by molar-refractivity contribution is 8.23. The van der Waals surface area contributed by atoms with Crippen LogP contribution in [0, 0.1) is 0 Å². The van der Waals surface area contributed by atoms with Crippen molar-refractivity contribution < 1.29 is 4.79 Å². The SMILES string of the molecule is CC1=Nc2ccccc2N=C(NC(=O)CSC(=S)N2CCCCC2)[C@@H]1c1ccccc1. The summed E-state index contributed by atoms with van der Waals surface area (Å²) in [5.74, 6) is 0.563. The van der Waals surface area contributed by atoms with Crippen molar-refractivity contribution in [2.75, 3.05) is 18.8 Å². The summed E-state index contributed by atoms with van der Waals surface area (Å²) in [6, 6.07) is 17.8. The molecule has 0 saturated carbocycles. The minimum atomic E-state index is -0.211. The first-order valence-electron chi connectivity index (χ1n) is 10.6. The molecule has 1 saturated heterocycles. The molecule has 2 aromatic rings. The van der Waals surface area contributed by atoms with Crippen LogP contribution in [0.1, 0.15) is 37.7 Å². The lowest BCUT2D eigenvalue weighted by Gasteiger charge is -2.28. The highest BCUT2D eigenvalue weighted by Crippen LogP contribution is 2.34. The molecule has 1 N–H and O–H groups in total. The fourth-order valence-corrected chi connectivity index (χ4v) is 4.97. The van der Waals surface area contributed by atoms with Gasteiger partial charge < -0.3 is 10.2 Å². The van der Waals surface area contributed by atoms with E-state index in [1.54, 1.807) is 0 Å². The number of carbonyl (C=O) groups is 1. The van der Waals surface area contributed by atoms with Gasteiger partial charge in [0.05, 0.1) is 23.0 Å². The quantitative estimate of drug-likeness (QED) is 0.651. The zero-order valence-corrected chi connectivity index (χ0v) is 19.2. The molecule has 0 aliphatic carbocycles. The Hall–Kier alpha value is -2.51. The molecule has 2 aliphatic rings. The number of hydrogen-bond acceptors (Lipinski definition) is 5. The summed E-state index contributed by atoms with van der Waals surface area (Å²) >= 11 is 6.98. The number of thioether (sulfide) groups is 1. The Labute approximate surface area is 193 Å². The van der Waals surface area contributed by atoms with Crippen LogP contribution in [-0.2, 0) is 4.79 Å². The first kappa shape index (κ1) is 21.7. The zero-order valence-electron chi connectivity index (χ0n) is 17.6. The third-order valence-corrected chi connectivity index (χ3v) is 6.98. The molecule has 7 heteroatoms. The first-order valence-corrected chi connectivity index (χ1v) is 12.0. The molecule has 0 spiro atoms. The van der Waals surface area contributed by atoms with Gasteiger partial charge in [-0.25, -0.2) is 4.99 Å². The number of rotatable bonds is 3. The van der Waals surface area contributed by atoms with Crippen LogP contribution < -0.4 is 5.32 Å². The third kappa shape index (κ3) is 5.40. The number of likely N-dealkylation sites (tertiary alicyclic amines) is 1. The molecule has 0 unspecified atom stereocenters. The fourth-order valence-electron chi connectivity index (χ4n) is 3.92. The van der Waals surface area contributed by atoms with Crippen LogP contribution in [0.3, 0.4) is 0 Å². The highest BCUT2D eigenvalue weighted by Gasteiger charge is 2.26. The smallest absolute Gasteiger partial charge is 0.235 e. The van der Waals surface area contributed by atoms with Gasteiger partial charge in [0.25, 0.3) is 0 Å². The molecule has 1 amide bonds. The molecule has 2 aromatic carbocycles. The Balaban J connectivity index is 1.53. The molecule has 1 atom stereocenters. The molecule has 31 heavy (non-hydrogen) atoms. The van der Waals surface area contributed by atoms with E-state index in [4.69, 9.17) is 22.2 Å². The maximum atomic E-state index is 12.9. The summed E-state index contributed by atoms with van der Waals surface area (Å²) in [7, 11) is 0. The van der Waals surface area contributed by atoms with E-state index in [0.29, 0.717) is 5.84 Å². The van der Waals surface area contributed by atoms with E-state index in [1.807, 2.05) is 61.5 Å². The van der Waals surface area contributed by atoms with Crippen molar-refractivity contribution in [2.45, 2.75) is 32.1 Å². The second kappa shape index (κ2) is 10.2. The van der Waals surface area contributed by atoms with Gasteiger partial charge in [0.15, 0.2) is 0 Å². The van der Waals surface area contributed by atoms with Crippen molar-refractivity contribution in [2.24, 2.45) is 9.98 Å². The second-order valence-corrected chi connectivity index (χ2v) is 9.34. The number of amidine groups is 1. The summed E-state index contributed by atoms with van der Waals surface area (Å²) in [4.78, 5) is 24.7. The van der Waals surface area contributed by atoms with Crippen molar-refractivity contribution >= 4 is 57.1 Å². The van der Waals surface area contributed by atoms with Gasteiger partial charge in [-0.1, -0.05) is 66.4 Å². The van der Waals surface area contributed by atoms with E-state index in [2.05, 4.69) is 10.2 Å². The lowest BCUT2D eigenvalue weighted by molar-refractivity contribution is -0.117. The molecule has 160 valence electrons. The molecule has 2 aliphatic heterocycles. The number of carbonyl (C=O) groups excluding carboxylic acids is 1. The minimum Gasteiger partial charge on any atom is -0.358 e. The van der Waals surface area contributed by atoms with Crippen LogP contribution in [0.5, 0.6) is 0 Å². The van der Waals surface area contributed by atoms with Crippen molar-refractivity contribution in [3.8, 4) is 0 Å². The van der Waals surface area contributed by atoms with Crippen LogP contribution in [0.4, 0.5) is 11.4 Å². The lowest BCUT2D eigenvalue weighted by Crippen LogP contribution is -2.39. The van der Waals surface area contributed by atoms with Gasteiger partial charge in [0, 0.05) is 18.8 Å². The van der Waals surface area contributed by atoms with E-state index in [-0.39, 0.29) is 17.6 Å². The summed E-state index contributed by atoms with van der Waals surface area (Å²) in [6.07, 6.45) is 3.59. The van der Waals surface area contributed by atoms with Crippen molar-refractivity contribution in [3.05, 3.63) is 60.2 Å². The number of thiocarbonyl (C=S) groups is 1. The number of fused-ring (bicyclic) bond motifs is 1. The number of hydrogen-bond donors (Lipinski definition) is 1. The molecule has 0 aromatic heterocycles. The number of amides is 1. The van der Waals surface area contributed by atoms with E-state index in [1.165, 1.54) is 31.0 Å². The number of nitrogens with zero attached hydrogens (tertiary/aromatic N) is 3. The van der Waals surface area contributed by atoms with Gasteiger partial charge in [-0.2, -0.15) is 0 Å². The second-order valence-electron chi connectivity index (χ2n) is 7.73. The van der Waals surface area contributed by atoms with Gasteiger partial charge in [0.2, 0.25) is 5.91 Å². The van der Waals surface area contributed by atoms with Crippen molar-refractivity contribution in [1.82, 2.24) is 10.2 Å². The van der Waals surface area contributed by atoms with Crippen molar-refractivity contribution in [3.63, 3.8) is 0 Å². The molecule has 1 fully saturated rings. The normalized spacial score (nSPS) is 18.4. The van der Waals surface area contributed by atoms with Crippen molar-refractivity contribution in [1.29, 1.82) is 0 Å². The van der Waals surface area contributed by atoms with Crippen LogP contribution in [0.15, 0.2) is 64.6 Å². The third-order valence-electron chi connectivity index (χ3n) is 5.45. The van der Waals surface area contributed by atoms with Crippen LogP contribution in [-0.4, -0.2) is 45.5 Å². The van der Waals surface area contributed by atoms with E-state index in [9.17, 15) is 4.79 Å². The summed E-state index contributed by atoms with van der Waals surface area (Å²) in [5.41, 5.74) is 3.51. The van der Waals surface area contributed by atoms with Gasteiger partial charge >= 0.3 is 0 Å². The van der Waals surface area contributed by atoms with Gasteiger partial charge in [-0.05, 0) is 43.9 Å². The van der Waals surface area contributed by atoms with Gasteiger partial charge in [-0.3, -0.25) is 9.79 Å². The van der Waals surface area contributed by atoms with Gasteiger partial charge in [0.1, 0.15) is 10.2 Å². The molecule has 0 radical (unpaired) electrons. The largest absolute Gasteiger partial charge is 0.358 e. The summed E-state index contributed by atoms with van der Waals surface area (Å²) in [5, 5.41) is 3.07. The molecular weight excluding hydrogens is 424 g/mol. The predicted molar refractivity (Wildman–Crippen MR) is 134 cm³/mol. The Bertz CT molecular complexity index is 1010. The Morgan fingerprint density at radius 2 is 1.68 bits per heavy atom. The van der Waals surface area contributed by atoms with Crippen LogP contribution >= 0.6 is 24.0 Å². The number of piperidine rings is 1. The van der Waals surface area contributed by atoms with E-state index >= 15 is 0 Å². The van der Waals surface area contributed by atoms with Crippen LogP contribution in [0.2, 0.25) is 0 Å². The molecule has 4 rings (SSSR count). The molecular formula is C24H26N4OS2. The maximum Gasteiger partial charge on any atom is 0.235 e. The number of para-hydroxylation sites is 2. The molecule has 2 heterocycles. The number of nitrogens with one attached hydrogen (secondary N) is 1. The number of aliphatic imine (C=N–C) groups is 2. The molecule has 5 nitrogen and oxygen atoms in total. The predicted octanol–water partition coefficient (Wildman–Crippen LogP) is 5.23. The number of benzene rings is 2. The minimum absolute atomic E-state index is 0.101. The Morgan fingerprint density at radius 1 is 1.03 bits per heavy atom.